The van der Waals surface area contributed by atoms with Crippen LogP contribution >= 0.6 is 11.8 Å². The van der Waals surface area contributed by atoms with Crippen molar-refractivity contribution in [3.05, 3.63) is 75.7 Å². The molecule has 0 N–H and O–H groups in total. The van der Waals surface area contributed by atoms with E-state index in [0.29, 0.717) is 28.1 Å². The SMILES string of the molecule is Cc1ccc(-n2c(=O)c3ccccc3n3c(SC(C)c4nnc(C)o4)nnc23)c(C)c1. The Bertz CT molecular complexity index is 1500. The van der Waals surface area contributed by atoms with Gasteiger partial charge in [0.25, 0.3) is 5.56 Å². The van der Waals surface area contributed by atoms with Crippen LogP contribution in [0.25, 0.3) is 22.4 Å². The Morgan fingerprint density at radius 3 is 2.55 bits per heavy atom. The normalized spacial score (nSPS) is 12.6. The van der Waals surface area contributed by atoms with E-state index in [1.807, 2.05) is 61.6 Å². The molecule has 1 unspecified atom stereocenters. The fourth-order valence-electron chi connectivity index (χ4n) is 3.71. The van der Waals surface area contributed by atoms with Crippen LogP contribution < -0.4 is 5.56 Å². The van der Waals surface area contributed by atoms with E-state index in [4.69, 9.17) is 4.42 Å². The molecule has 0 aliphatic rings. The molecule has 0 bridgehead atoms. The van der Waals surface area contributed by atoms with Gasteiger partial charge < -0.3 is 4.42 Å². The molecule has 0 fully saturated rings. The van der Waals surface area contributed by atoms with E-state index < -0.39 is 0 Å². The summed E-state index contributed by atoms with van der Waals surface area (Å²) in [7, 11) is 0. The number of benzene rings is 2. The van der Waals surface area contributed by atoms with E-state index >= 15 is 0 Å². The molecule has 156 valence electrons. The first kappa shape index (κ1) is 19.5. The molecule has 2 aromatic carbocycles. The number of thioether (sulfide) groups is 1. The number of nitrogens with zero attached hydrogens (tertiary/aromatic N) is 6. The van der Waals surface area contributed by atoms with Gasteiger partial charge in [-0.2, -0.15) is 0 Å². The Morgan fingerprint density at radius 2 is 1.81 bits per heavy atom. The van der Waals surface area contributed by atoms with Crippen LogP contribution in [0.5, 0.6) is 0 Å². The van der Waals surface area contributed by atoms with Crippen molar-refractivity contribution in [3.8, 4) is 5.69 Å². The van der Waals surface area contributed by atoms with Crippen LogP contribution in [0.4, 0.5) is 0 Å². The standard InChI is InChI=1S/C22H20N6O2S/c1-12-9-10-17(13(2)11-12)27-20(29)16-7-5-6-8-18(16)28-21(27)25-26-22(28)31-14(3)19-24-23-15(4)30-19/h5-11,14H,1-4H3. The van der Waals surface area contributed by atoms with Gasteiger partial charge in [0.05, 0.1) is 21.8 Å². The van der Waals surface area contributed by atoms with E-state index in [2.05, 4.69) is 26.5 Å². The van der Waals surface area contributed by atoms with Gasteiger partial charge in [-0.15, -0.1) is 20.4 Å². The third-order valence-corrected chi connectivity index (χ3v) is 6.19. The predicted molar refractivity (Wildman–Crippen MR) is 119 cm³/mol. The lowest BCUT2D eigenvalue weighted by Gasteiger charge is -2.14. The van der Waals surface area contributed by atoms with Crippen molar-refractivity contribution in [2.24, 2.45) is 0 Å². The average molecular weight is 433 g/mol. The van der Waals surface area contributed by atoms with E-state index in [1.54, 1.807) is 11.5 Å². The molecule has 0 spiro atoms. The Hall–Kier alpha value is -3.46. The highest BCUT2D eigenvalue weighted by molar-refractivity contribution is 7.99. The second-order valence-electron chi connectivity index (χ2n) is 7.49. The van der Waals surface area contributed by atoms with Crippen molar-refractivity contribution < 1.29 is 4.42 Å². The maximum absolute atomic E-state index is 13.5. The van der Waals surface area contributed by atoms with Crippen LogP contribution in [0.15, 0.2) is 56.8 Å². The lowest BCUT2D eigenvalue weighted by Crippen LogP contribution is -2.22. The lowest BCUT2D eigenvalue weighted by atomic mass is 10.1. The van der Waals surface area contributed by atoms with Crippen molar-refractivity contribution in [3.63, 3.8) is 0 Å². The monoisotopic (exact) mass is 432 g/mol. The molecule has 0 aliphatic carbocycles. The summed E-state index contributed by atoms with van der Waals surface area (Å²) in [6, 6.07) is 13.5. The maximum Gasteiger partial charge on any atom is 0.267 e. The number of hydrogen-bond acceptors (Lipinski definition) is 7. The highest BCUT2D eigenvalue weighted by Crippen LogP contribution is 2.34. The number of aromatic nitrogens is 6. The highest BCUT2D eigenvalue weighted by Gasteiger charge is 2.22. The first-order valence-corrected chi connectivity index (χ1v) is 10.7. The van der Waals surface area contributed by atoms with Crippen molar-refractivity contribution in [1.29, 1.82) is 0 Å². The minimum Gasteiger partial charge on any atom is -0.424 e. The van der Waals surface area contributed by atoms with Gasteiger partial charge in [-0.05, 0) is 44.5 Å². The molecule has 0 saturated heterocycles. The molecule has 0 saturated carbocycles. The summed E-state index contributed by atoms with van der Waals surface area (Å²) in [6.45, 7) is 7.76. The number of para-hydroxylation sites is 1. The minimum atomic E-state index is -0.131. The van der Waals surface area contributed by atoms with Crippen molar-refractivity contribution in [1.82, 2.24) is 29.4 Å². The van der Waals surface area contributed by atoms with Crippen molar-refractivity contribution in [2.75, 3.05) is 0 Å². The molecular weight excluding hydrogens is 412 g/mol. The predicted octanol–water partition coefficient (Wildman–Crippen LogP) is 4.19. The summed E-state index contributed by atoms with van der Waals surface area (Å²) in [5, 5.41) is 18.0. The van der Waals surface area contributed by atoms with Crippen LogP contribution in [-0.4, -0.2) is 29.4 Å². The highest BCUT2D eigenvalue weighted by atomic mass is 32.2. The minimum absolute atomic E-state index is 0.125. The number of aryl methyl sites for hydroxylation is 3. The third kappa shape index (κ3) is 3.21. The fraction of sp³-hybridized carbons (Fsp3) is 0.227. The quantitative estimate of drug-likeness (QED) is 0.393. The Kier molecular flexibility index (Phi) is 4.62. The molecule has 0 amide bonds. The smallest absolute Gasteiger partial charge is 0.267 e. The molecule has 9 heteroatoms. The number of hydrogen-bond donors (Lipinski definition) is 0. The van der Waals surface area contributed by atoms with Crippen LogP contribution in [0.2, 0.25) is 0 Å². The molecule has 5 rings (SSSR count). The van der Waals surface area contributed by atoms with Gasteiger partial charge in [0.1, 0.15) is 0 Å². The Balaban J connectivity index is 1.77. The van der Waals surface area contributed by atoms with E-state index in [1.165, 1.54) is 11.8 Å². The van der Waals surface area contributed by atoms with Crippen LogP contribution in [0.1, 0.15) is 35.1 Å². The second-order valence-corrected chi connectivity index (χ2v) is 8.79. The van der Waals surface area contributed by atoms with E-state index in [0.717, 1.165) is 22.3 Å². The summed E-state index contributed by atoms with van der Waals surface area (Å²) < 4.78 is 9.13. The fourth-order valence-corrected chi connectivity index (χ4v) is 4.60. The molecule has 8 nitrogen and oxygen atoms in total. The van der Waals surface area contributed by atoms with Gasteiger partial charge in [0, 0.05) is 6.92 Å². The van der Waals surface area contributed by atoms with Gasteiger partial charge in [-0.3, -0.25) is 9.20 Å². The second kappa shape index (κ2) is 7.35. The van der Waals surface area contributed by atoms with E-state index in [9.17, 15) is 4.79 Å². The summed E-state index contributed by atoms with van der Waals surface area (Å²) in [5.74, 6) is 1.50. The van der Waals surface area contributed by atoms with Crippen molar-refractivity contribution >= 4 is 28.4 Å². The molecule has 0 radical (unpaired) electrons. The number of fused-ring (bicyclic) bond motifs is 3. The van der Waals surface area contributed by atoms with Gasteiger partial charge in [-0.25, -0.2) is 4.57 Å². The third-order valence-electron chi connectivity index (χ3n) is 5.16. The lowest BCUT2D eigenvalue weighted by molar-refractivity contribution is 0.470. The van der Waals surface area contributed by atoms with Crippen molar-refractivity contribution in [2.45, 2.75) is 38.1 Å². The summed E-state index contributed by atoms with van der Waals surface area (Å²) in [4.78, 5) is 13.5. The van der Waals surface area contributed by atoms with Gasteiger partial charge in [0.2, 0.25) is 17.6 Å². The molecule has 31 heavy (non-hydrogen) atoms. The molecular formula is C22H20N6O2S. The van der Waals surface area contributed by atoms with Gasteiger partial charge in [-0.1, -0.05) is 41.6 Å². The summed E-state index contributed by atoms with van der Waals surface area (Å²) in [5.41, 5.74) is 3.54. The largest absolute Gasteiger partial charge is 0.424 e. The molecule has 3 heterocycles. The van der Waals surface area contributed by atoms with E-state index in [-0.39, 0.29) is 10.8 Å². The van der Waals surface area contributed by atoms with Crippen LogP contribution in [-0.2, 0) is 0 Å². The molecule has 5 aromatic rings. The van der Waals surface area contributed by atoms with Crippen LogP contribution in [0, 0.1) is 20.8 Å². The Morgan fingerprint density at radius 1 is 1.00 bits per heavy atom. The average Bonchev–Trinajstić information content (AvgIpc) is 3.36. The molecule has 1 atom stereocenters. The van der Waals surface area contributed by atoms with Gasteiger partial charge >= 0.3 is 0 Å². The first-order chi connectivity index (χ1) is 14.9. The first-order valence-electron chi connectivity index (χ1n) is 9.87. The zero-order chi connectivity index (χ0) is 21.7. The number of rotatable bonds is 4. The van der Waals surface area contributed by atoms with Crippen LogP contribution in [0.3, 0.4) is 0 Å². The van der Waals surface area contributed by atoms with Gasteiger partial charge in [0.15, 0.2) is 5.16 Å². The Labute approximate surface area is 181 Å². The topological polar surface area (TPSA) is 91.1 Å². The zero-order valence-electron chi connectivity index (χ0n) is 17.5. The summed E-state index contributed by atoms with van der Waals surface area (Å²) in [6.07, 6.45) is 0. The summed E-state index contributed by atoms with van der Waals surface area (Å²) >= 11 is 1.46. The molecule has 3 aromatic heterocycles. The molecule has 0 aliphatic heterocycles. The maximum atomic E-state index is 13.5. The zero-order valence-corrected chi connectivity index (χ0v) is 18.3.